The lowest BCUT2D eigenvalue weighted by Gasteiger charge is -2.34. The van der Waals surface area contributed by atoms with Gasteiger partial charge in [0.15, 0.2) is 0 Å². The molecule has 2 rings (SSSR count). The van der Waals surface area contributed by atoms with Gasteiger partial charge in [0.1, 0.15) is 6.04 Å². The number of carboxylic acids is 2. The van der Waals surface area contributed by atoms with Crippen LogP contribution in [0.4, 0.5) is 0 Å². The average molecular weight is 405 g/mol. The van der Waals surface area contributed by atoms with Crippen molar-refractivity contribution >= 4 is 35.1 Å². The van der Waals surface area contributed by atoms with Gasteiger partial charge in [-0.2, -0.15) is 0 Å². The third-order valence-electron chi connectivity index (χ3n) is 4.63. The standard InChI is InChI=1S/C9H9Cl2NO2.C9H17NO2/c10-6-2-1-5(3-7(6)11)4-8(12)9(13)14;10-7-9(6-8(11)12)4-2-1-3-5-9/h1-3,8H,4,12H2,(H,13,14);1-7,10H2,(H,11,12)/t8-;/m0./s1. The molecule has 0 unspecified atom stereocenters. The van der Waals surface area contributed by atoms with Crippen LogP contribution in [0.25, 0.3) is 0 Å². The molecule has 0 amide bonds. The van der Waals surface area contributed by atoms with Crippen LogP contribution >= 0.6 is 23.2 Å². The van der Waals surface area contributed by atoms with E-state index in [4.69, 9.17) is 44.9 Å². The van der Waals surface area contributed by atoms with Crippen LogP contribution in [-0.2, 0) is 16.0 Å². The highest BCUT2D eigenvalue weighted by Gasteiger charge is 2.32. The van der Waals surface area contributed by atoms with Crippen molar-refractivity contribution in [1.82, 2.24) is 0 Å². The summed E-state index contributed by atoms with van der Waals surface area (Å²) >= 11 is 11.5. The molecule has 1 fully saturated rings. The van der Waals surface area contributed by atoms with Crippen LogP contribution in [0.1, 0.15) is 44.1 Å². The second kappa shape index (κ2) is 10.7. The monoisotopic (exact) mass is 404 g/mol. The summed E-state index contributed by atoms with van der Waals surface area (Å²) in [5, 5.41) is 18.1. The fourth-order valence-corrected chi connectivity index (χ4v) is 3.40. The highest BCUT2D eigenvalue weighted by Crippen LogP contribution is 2.38. The van der Waals surface area contributed by atoms with Gasteiger partial charge in [-0.3, -0.25) is 9.59 Å². The normalized spacial score (nSPS) is 16.9. The Morgan fingerprint density at radius 3 is 2.19 bits per heavy atom. The summed E-state index contributed by atoms with van der Waals surface area (Å²) in [7, 11) is 0. The van der Waals surface area contributed by atoms with Gasteiger partial charge in [-0.25, -0.2) is 0 Å². The van der Waals surface area contributed by atoms with E-state index in [1.165, 1.54) is 6.42 Å². The molecule has 1 aliphatic carbocycles. The molecule has 26 heavy (non-hydrogen) atoms. The van der Waals surface area contributed by atoms with Crippen molar-refractivity contribution < 1.29 is 19.8 Å². The largest absolute Gasteiger partial charge is 0.481 e. The predicted octanol–water partition coefficient (Wildman–Crippen LogP) is 3.32. The third kappa shape index (κ3) is 7.50. The smallest absolute Gasteiger partial charge is 0.320 e. The van der Waals surface area contributed by atoms with E-state index in [1.54, 1.807) is 18.2 Å². The molecule has 0 aliphatic heterocycles. The molecule has 1 aromatic rings. The number of rotatable bonds is 6. The van der Waals surface area contributed by atoms with Crippen LogP contribution in [0.3, 0.4) is 0 Å². The van der Waals surface area contributed by atoms with Gasteiger partial charge in [-0.15, -0.1) is 0 Å². The molecule has 0 heterocycles. The van der Waals surface area contributed by atoms with Gasteiger partial charge >= 0.3 is 11.9 Å². The maximum absolute atomic E-state index is 10.6. The molecular weight excluding hydrogens is 379 g/mol. The first-order valence-corrected chi connectivity index (χ1v) is 9.29. The number of benzene rings is 1. The van der Waals surface area contributed by atoms with Crippen LogP contribution in [0.2, 0.25) is 10.0 Å². The topological polar surface area (TPSA) is 127 Å². The van der Waals surface area contributed by atoms with E-state index in [0.29, 0.717) is 16.6 Å². The van der Waals surface area contributed by atoms with Crippen molar-refractivity contribution in [2.75, 3.05) is 6.54 Å². The van der Waals surface area contributed by atoms with Gasteiger partial charge in [-0.05, 0) is 48.9 Å². The molecule has 6 nitrogen and oxygen atoms in total. The molecule has 6 N–H and O–H groups in total. The minimum absolute atomic E-state index is 0.0793. The molecule has 0 bridgehead atoms. The SMILES string of the molecule is NCC1(CC(=O)O)CCCCC1.N[C@@H](Cc1ccc(Cl)c(Cl)c1)C(=O)O. The van der Waals surface area contributed by atoms with Crippen LogP contribution in [0, 0.1) is 5.41 Å². The minimum Gasteiger partial charge on any atom is -0.481 e. The summed E-state index contributed by atoms with van der Waals surface area (Å²) in [6, 6.07) is 4.03. The Morgan fingerprint density at radius 1 is 1.12 bits per heavy atom. The van der Waals surface area contributed by atoms with Gasteiger partial charge in [0.05, 0.1) is 16.5 Å². The Kier molecular flexibility index (Phi) is 9.36. The maximum atomic E-state index is 10.6. The van der Waals surface area contributed by atoms with E-state index in [0.717, 1.165) is 31.2 Å². The maximum Gasteiger partial charge on any atom is 0.320 e. The van der Waals surface area contributed by atoms with Crippen molar-refractivity contribution in [1.29, 1.82) is 0 Å². The van der Waals surface area contributed by atoms with Crippen molar-refractivity contribution in [2.45, 2.75) is 51.0 Å². The van der Waals surface area contributed by atoms with Crippen LogP contribution in [-0.4, -0.2) is 34.7 Å². The zero-order valence-electron chi connectivity index (χ0n) is 14.6. The predicted molar refractivity (Wildman–Crippen MR) is 103 cm³/mol. The van der Waals surface area contributed by atoms with Crippen molar-refractivity contribution in [3.8, 4) is 0 Å². The summed E-state index contributed by atoms with van der Waals surface area (Å²) in [6.07, 6.45) is 6.01. The van der Waals surface area contributed by atoms with Gasteiger partial charge in [0.2, 0.25) is 0 Å². The highest BCUT2D eigenvalue weighted by atomic mass is 35.5. The molecule has 0 spiro atoms. The second-order valence-electron chi connectivity index (χ2n) is 6.73. The molecule has 0 aromatic heterocycles. The summed E-state index contributed by atoms with van der Waals surface area (Å²) < 4.78 is 0. The molecule has 1 atom stereocenters. The number of carbonyl (C=O) groups is 2. The summed E-state index contributed by atoms with van der Waals surface area (Å²) in [6.45, 7) is 0.527. The summed E-state index contributed by atoms with van der Waals surface area (Å²) in [5.74, 6) is -1.74. The molecule has 8 heteroatoms. The van der Waals surface area contributed by atoms with Crippen LogP contribution < -0.4 is 11.5 Å². The average Bonchev–Trinajstić information content (AvgIpc) is 2.59. The number of aliphatic carboxylic acids is 2. The highest BCUT2D eigenvalue weighted by molar-refractivity contribution is 6.42. The van der Waals surface area contributed by atoms with Gasteiger partial charge in [0.25, 0.3) is 0 Å². The van der Waals surface area contributed by atoms with Crippen molar-refractivity contribution in [3.05, 3.63) is 33.8 Å². The Labute approximate surface area is 163 Å². The van der Waals surface area contributed by atoms with Crippen molar-refractivity contribution in [2.24, 2.45) is 16.9 Å². The Morgan fingerprint density at radius 2 is 1.73 bits per heavy atom. The van der Waals surface area contributed by atoms with E-state index < -0.39 is 18.0 Å². The van der Waals surface area contributed by atoms with Gasteiger partial charge in [0, 0.05) is 0 Å². The lowest BCUT2D eigenvalue weighted by Crippen LogP contribution is -2.34. The zero-order valence-corrected chi connectivity index (χ0v) is 16.1. The number of hydrogen-bond donors (Lipinski definition) is 4. The minimum atomic E-state index is -1.03. The van der Waals surface area contributed by atoms with E-state index in [1.807, 2.05) is 0 Å². The van der Waals surface area contributed by atoms with E-state index in [2.05, 4.69) is 0 Å². The summed E-state index contributed by atoms with van der Waals surface area (Å²) in [4.78, 5) is 21.0. The lowest BCUT2D eigenvalue weighted by atomic mass is 9.72. The van der Waals surface area contributed by atoms with E-state index >= 15 is 0 Å². The molecule has 1 saturated carbocycles. The number of hydrogen-bond acceptors (Lipinski definition) is 4. The van der Waals surface area contributed by atoms with Gasteiger partial charge in [-0.1, -0.05) is 48.5 Å². The first-order chi connectivity index (χ1) is 12.2. The molecule has 146 valence electrons. The molecule has 1 aliphatic rings. The first kappa shape index (κ1) is 22.7. The Hall–Kier alpha value is -1.34. The second-order valence-corrected chi connectivity index (χ2v) is 7.55. The molecular formula is C18H26Cl2N2O4. The molecule has 0 saturated heterocycles. The number of halogens is 2. The fraction of sp³-hybridized carbons (Fsp3) is 0.556. The quantitative estimate of drug-likeness (QED) is 0.575. The van der Waals surface area contributed by atoms with E-state index in [-0.39, 0.29) is 18.3 Å². The van der Waals surface area contributed by atoms with Crippen LogP contribution in [0.15, 0.2) is 18.2 Å². The number of nitrogens with two attached hydrogens (primary N) is 2. The Bertz CT molecular complexity index is 619. The first-order valence-electron chi connectivity index (χ1n) is 8.53. The summed E-state index contributed by atoms with van der Waals surface area (Å²) in [5.41, 5.74) is 11.7. The van der Waals surface area contributed by atoms with Gasteiger partial charge < -0.3 is 21.7 Å². The molecule has 0 radical (unpaired) electrons. The van der Waals surface area contributed by atoms with Crippen molar-refractivity contribution in [3.63, 3.8) is 0 Å². The Balaban J connectivity index is 0.000000263. The van der Waals surface area contributed by atoms with E-state index in [9.17, 15) is 9.59 Å². The zero-order chi connectivity index (χ0) is 19.7. The molecule has 1 aromatic carbocycles. The van der Waals surface area contributed by atoms with Crippen LogP contribution in [0.5, 0.6) is 0 Å². The lowest BCUT2D eigenvalue weighted by molar-refractivity contribution is -0.140. The third-order valence-corrected chi connectivity index (χ3v) is 5.37. The fourth-order valence-electron chi connectivity index (χ4n) is 3.08. The number of carboxylic acid groups (broad SMARTS) is 2.